The summed E-state index contributed by atoms with van der Waals surface area (Å²) in [5.74, 6) is 0.0523. The number of rotatable bonds is 4. The molecule has 0 saturated carbocycles. The zero-order valence-electron chi connectivity index (χ0n) is 10.9. The van der Waals surface area contributed by atoms with Crippen LogP contribution in [0.15, 0.2) is 24.3 Å². The highest BCUT2D eigenvalue weighted by molar-refractivity contribution is 14.1. The zero-order chi connectivity index (χ0) is 13.1. The largest absolute Gasteiger partial charge is 0.341 e. The van der Waals surface area contributed by atoms with E-state index in [-0.39, 0.29) is 23.7 Å². The lowest BCUT2D eigenvalue weighted by Crippen LogP contribution is -2.40. The summed E-state index contributed by atoms with van der Waals surface area (Å²) in [7, 11) is 1.82. The first kappa shape index (κ1) is 17.7. The van der Waals surface area contributed by atoms with Crippen LogP contribution < -0.4 is 5.73 Å². The number of carbonyl (C=O) groups is 1. The number of nitrogens with zero attached hydrogens (tertiary/aromatic N) is 1. The first-order valence-corrected chi connectivity index (χ1v) is 6.65. The number of hydrogen-bond acceptors (Lipinski definition) is 2. The SMILES string of the molecule is CN(CC(C)(C)CN)C(=O)c1ccccc1I.Cl. The Balaban J connectivity index is 0.00000289. The van der Waals surface area contributed by atoms with Gasteiger partial charge in [0.15, 0.2) is 0 Å². The van der Waals surface area contributed by atoms with Gasteiger partial charge in [-0.25, -0.2) is 0 Å². The topological polar surface area (TPSA) is 46.3 Å². The maximum atomic E-state index is 12.2. The van der Waals surface area contributed by atoms with E-state index in [0.717, 1.165) is 9.13 Å². The quantitative estimate of drug-likeness (QED) is 0.814. The maximum Gasteiger partial charge on any atom is 0.254 e. The maximum absolute atomic E-state index is 12.2. The van der Waals surface area contributed by atoms with Crippen LogP contribution in [0, 0.1) is 8.99 Å². The van der Waals surface area contributed by atoms with Crippen LogP contribution in [0.2, 0.25) is 0 Å². The first-order valence-electron chi connectivity index (χ1n) is 5.57. The average Bonchev–Trinajstić information content (AvgIpc) is 2.28. The van der Waals surface area contributed by atoms with Crippen molar-refractivity contribution in [1.29, 1.82) is 0 Å². The molecule has 0 bridgehead atoms. The lowest BCUT2D eigenvalue weighted by atomic mass is 9.93. The van der Waals surface area contributed by atoms with Gasteiger partial charge in [0, 0.05) is 17.2 Å². The van der Waals surface area contributed by atoms with E-state index in [1.165, 1.54) is 0 Å². The van der Waals surface area contributed by atoms with E-state index in [9.17, 15) is 4.79 Å². The van der Waals surface area contributed by atoms with Crippen molar-refractivity contribution >= 4 is 40.9 Å². The summed E-state index contributed by atoms with van der Waals surface area (Å²) in [6.07, 6.45) is 0. The minimum absolute atomic E-state index is 0. The molecular formula is C13H20ClIN2O. The molecule has 0 saturated heterocycles. The molecule has 3 nitrogen and oxygen atoms in total. The van der Waals surface area contributed by atoms with Gasteiger partial charge in [0.25, 0.3) is 5.91 Å². The van der Waals surface area contributed by atoms with Gasteiger partial charge >= 0.3 is 0 Å². The third kappa shape index (κ3) is 4.74. The number of amides is 1. The summed E-state index contributed by atoms with van der Waals surface area (Å²) in [5, 5.41) is 0. The number of benzene rings is 1. The summed E-state index contributed by atoms with van der Waals surface area (Å²) in [4.78, 5) is 14.0. The fraction of sp³-hybridized carbons (Fsp3) is 0.462. The van der Waals surface area contributed by atoms with E-state index < -0.39 is 0 Å². The van der Waals surface area contributed by atoms with Crippen LogP contribution in [0.3, 0.4) is 0 Å². The van der Waals surface area contributed by atoms with Crippen LogP contribution in [0.25, 0.3) is 0 Å². The summed E-state index contributed by atoms with van der Waals surface area (Å²) >= 11 is 2.18. The summed E-state index contributed by atoms with van der Waals surface area (Å²) < 4.78 is 0.979. The van der Waals surface area contributed by atoms with E-state index in [0.29, 0.717) is 13.1 Å². The van der Waals surface area contributed by atoms with Crippen LogP contribution in [-0.4, -0.2) is 30.9 Å². The van der Waals surface area contributed by atoms with Crippen molar-refractivity contribution in [3.63, 3.8) is 0 Å². The highest BCUT2D eigenvalue weighted by Crippen LogP contribution is 2.18. The van der Waals surface area contributed by atoms with E-state index >= 15 is 0 Å². The summed E-state index contributed by atoms with van der Waals surface area (Å²) in [6.45, 7) is 5.35. The summed E-state index contributed by atoms with van der Waals surface area (Å²) in [5.41, 5.74) is 6.39. The van der Waals surface area contributed by atoms with Gasteiger partial charge in [0.2, 0.25) is 0 Å². The number of hydrogen-bond donors (Lipinski definition) is 1. The van der Waals surface area contributed by atoms with Crippen molar-refractivity contribution in [2.24, 2.45) is 11.1 Å². The molecule has 18 heavy (non-hydrogen) atoms. The van der Waals surface area contributed by atoms with E-state index in [1.54, 1.807) is 4.90 Å². The number of nitrogens with two attached hydrogens (primary N) is 1. The van der Waals surface area contributed by atoms with E-state index in [2.05, 4.69) is 36.4 Å². The lowest BCUT2D eigenvalue weighted by Gasteiger charge is -2.29. The van der Waals surface area contributed by atoms with Crippen molar-refractivity contribution in [3.05, 3.63) is 33.4 Å². The molecule has 0 aliphatic heterocycles. The minimum atomic E-state index is -0.0510. The predicted molar refractivity (Wildman–Crippen MR) is 86.2 cm³/mol. The molecule has 0 aliphatic rings. The molecule has 0 atom stereocenters. The zero-order valence-corrected chi connectivity index (χ0v) is 13.9. The van der Waals surface area contributed by atoms with Crippen molar-refractivity contribution in [2.75, 3.05) is 20.1 Å². The van der Waals surface area contributed by atoms with Crippen molar-refractivity contribution < 1.29 is 4.79 Å². The molecular weight excluding hydrogens is 363 g/mol. The molecule has 1 rings (SSSR count). The molecule has 2 N–H and O–H groups in total. The molecule has 5 heteroatoms. The van der Waals surface area contributed by atoms with Crippen molar-refractivity contribution in [1.82, 2.24) is 4.90 Å². The lowest BCUT2D eigenvalue weighted by molar-refractivity contribution is 0.0739. The Kier molecular flexibility index (Phi) is 7.17. The van der Waals surface area contributed by atoms with Gasteiger partial charge in [-0.05, 0) is 46.7 Å². The van der Waals surface area contributed by atoms with E-state index in [1.807, 2.05) is 31.3 Å². The molecule has 0 heterocycles. The first-order chi connectivity index (χ1) is 7.87. The van der Waals surface area contributed by atoms with Gasteiger partial charge in [0.05, 0.1) is 5.56 Å². The fourth-order valence-corrected chi connectivity index (χ4v) is 2.24. The standard InChI is InChI=1S/C13H19IN2O.ClH/c1-13(2,8-15)9-16(3)12(17)10-6-4-5-7-11(10)14;/h4-7H,8-9,15H2,1-3H3;1H. The molecule has 0 aromatic heterocycles. The third-order valence-corrected chi connectivity index (χ3v) is 3.61. The highest BCUT2D eigenvalue weighted by Gasteiger charge is 2.22. The molecule has 0 radical (unpaired) electrons. The van der Waals surface area contributed by atoms with Crippen LogP contribution in [0.4, 0.5) is 0 Å². The molecule has 0 spiro atoms. The highest BCUT2D eigenvalue weighted by atomic mass is 127. The van der Waals surface area contributed by atoms with Gasteiger partial charge in [-0.1, -0.05) is 26.0 Å². The Morgan fingerprint density at radius 2 is 1.94 bits per heavy atom. The van der Waals surface area contributed by atoms with Gasteiger partial charge in [-0.3, -0.25) is 4.79 Å². The van der Waals surface area contributed by atoms with Crippen LogP contribution >= 0.6 is 35.0 Å². The van der Waals surface area contributed by atoms with Crippen LogP contribution in [0.1, 0.15) is 24.2 Å². The van der Waals surface area contributed by atoms with Crippen LogP contribution in [-0.2, 0) is 0 Å². The third-order valence-electron chi connectivity index (χ3n) is 2.67. The molecule has 102 valence electrons. The molecule has 1 aromatic rings. The molecule has 0 fully saturated rings. The van der Waals surface area contributed by atoms with Crippen molar-refractivity contribution in [3.8, 4) is 0 Å². The predicted octanol–water partition coefficient (Wildman–Crippen LogP) is 2.77. The normalized spacial score (nSPS) is 10.7. The number of halogens is 2. The second-order valence-electron chi connectivity index (χ2n) is 5.01. The molecule has 1 amide bonds. The Bertz CT molecular complexity index is 410. The minimum Gasteiger partial charge on any atom is -0.341 e. The van der Waals surface area contributed by atoms with Gasteiger partial charge in [0.1, 0.15) is 0 Å². The van der Waals surface area contributed by atoms with Gasteiger partial charge < -0.3 is 10.6 Å². The average molecular weight is 383 g/mol. The summed E-state index contributed by atoms with van der Waals surface area (Å²) in [6, 6.07) is 7.62. The molecule has 1 aromatic carbocycles. The Hall–Kier alpha value is -0.330. The Labute approximate surface area is 129 Å². The smallest absolute Gasteiger partial charge is 0.254 e. The number of carbonyl (C=O) groups excluding carboxylic acids is 1. The second-order valence-corrected chi connectivity index (χ2v) is 6.17. The Morgan fingerprint density at radius 1 is 1.39 bits per heavy atom. The Morgan fingerprint density at radius 3 is 2.44 bits per heavy atom. The van der Waals surface area contributed by atoms with Gasteiger partial charge in [-0.2, -0.15) is 0 Å². The van der Waals surface area contributed by atoms with Crippen molar-refractivity contribution in [2.45, 2.75) is 13.8 Å². The van der Waals surface area contributed by atoms with Gasteiger partial charge in [-0.15, -0.1) is 12.4 Å². The monoisotopic (exact) mass is 382 g/mol. The molecule has 0 unspecified atom stereocenters. The second kappa shape index (κ2) is 7.31. The fourth-order valence-electron chi connectivity index (χ4n) is 1.62. The van der Waals surface area contributed by atoms with Crippen LogP contribution in [0.5, 0.6) is 0 Å². The molecule has 0 aliphatic carbocycles. The van der Waals surface area contributed by atoms with E-state index in [4.69, 9.17) is 5.73 Å².